The lowest BCUT2D eigenvalue weighted by Gasteiger charge is -2.12. The van der Waals surface area contributed by atoms with Crippen molar-refractivity contribution >= 4 is 49.7 Å². The topological polar surface area (TPSA) is 98.6 Å². The average Bonchev–Trinajstić information content (AvgIpc) is 2.90. The first-order chi connectivity index (χ1) is 17.4. The molecule has 176 valence electrons. The molecule has 7 heteroatoms. The van der Waals surface area contributed by atoms with Gasteiger partial charge in [0.25, 0.3) is 0 Å². The summed E-state index contributed by atoms with van der Waals surface area (Å²) in [5.41, 5.74) is 2.36. The second-order valence-corrected chi connectivity index (χ2v) is 8.55. The third-order valence-corrected chi connectivity index (χ3v) is 6.27. The maximum Gasteiger partial charge on any atom is 0.343 e. The molecule has 0 radical (unpaired) electrons. The highest BCUT2D eigenvalue weighted by Gasteiger charge is 2.22. The number of carbonyl (C=O) groups excluding carboxylic acids is 1. The Balaban J connectivity index is 1.69. The Kier molecular flexibility index (Phi) is 4.86. The van der Waals surface area contributed by atoms with Crippen molar-refractivity contribution in [1.82, 2.24) is 4.98 Å². The van der Waals surface area contributed by atoms with Crippen molar-refractivity contribution in [1.29, 1.82) is 0 Å². The Morgan fingerprint density at radius 1 is 0.833 bits per heavy atom. The van der Waals surface area contributed by atoms with Crippen molar-refractivity contribution in [2.24, 2.45) is 0 Å². The number of carbonyl (C=O) groups is 1. The standard InChI is InChI=1S/C29H19NO6/c1-15-7-12-20-21(13-15)35-23-14-22(36-29(33)16-8-10-17(34-2)11-9-16)24-25(26(23)30-20)28(32)19-6-4-3-5-18(19)27(24)31/h3-14,30H,1-2H3. The molecule has 0 spiro atoms. The molecule has 0 aliphatic rings. The fourth-order valence-electron chi connectivity index (χ4n) is 4.48. The first kappa shape index (κ1) is 21.6. The van der Waals surface area contributed by atoms with Gasteiger partial charge in [0.15, 0.2) is 22.0 Å². The lowest BCUT2D eigenvalue weighted by molar-refractivity contribution is 0.0737. The van der Waals surface area contributed by atoms with Gasteiger partial charge in [-0.25, -0.2) is 4.79 Å². The van der Waals surface area contributed by atoms with Gasteiger partial charge in [-0.15, -0.1) is 0 Å². The number of fused-ring (bicyclic) bond motifs is 5. The van der Waals surface area contributed by atoms with E-state index >= 15 is 0 Å². The van der Waals surface area contributed by atoms with Crippen molar-refractivity contribution in [3.05, 3.63) is 104 Å². The molecular weight excluding hydrogens is 458 g/mol. The minimum atomic E-state index is -0.682. The van der Waals surface area contributed by atoms with E-state index in [0.717, 1.165) is 5.56 Å². The summed E-state index contributed by atoms with van der Waals surface area (Å²) in [6, 6.07) is 20.1. The van der Waals surface area contributed by atoms with Gasteiger partial charge in [0, 0.05) is 16.8 Å². The van der Waals surface area contributed by atoms with Gasteiger partial charge >= 0.3 is 5.97 Å². The molecule has 6 aromatic rings. The molecule has 0 saturated heterocycles. The average molecular weight is 477 g/mol. The van der Waals surface area contributed by atoms with Gasteiger partial charge in [0.2, 0.25) is 0 Å². The van der Waals surface area contributed by atoms with Gasteiger partial charge in [0.05, 0.1) is 34.5 Å². The van der Waals surface area contributed by atoms with Gasteiger partial charge in [-0.05, 0) is 48.9 Å². The van der Waals surface area contributed by atoms with Crippen molar-refractivity contribution < 1.29 is 18.7 Å². The third kappa shape index (κ3) is 3.32. The van der Waals surface area contributed by atoms with Crippen molar-refractivity contribution in [3.8, 4) is 11.5 Å². The van der Waals surface area contributed by atoms with Crippen LogP contribution in [-0.4, -0.2) is 18.1 Å². The van der Waals surface area contributed by atoms with Crippen LogP contribution in [0.1, 0.15) is 15.9 Å². The smallest absolute Gasteiger partial charge is 0.343 e. The molecule has 0 unspecified atom stereocenters. The van der Waals surface area contributed by atoms with Gasteiger partial charge in [-0.3, -0.25) is 9.59 Å². The van der Waals surface area contributed by atoms with E-state index in [4.69, 9.17) is 13.9 Å². The molecule has 0 aliphatic heterocycles. The number of hydrogen-bond donors (Lipinski definition) is 1. The van der Waals surface area contributed by atoms with Crippen LogP contribution in [0.5, 0.6) is 11.5 Å². The van der Waals surface area contributed by atoms with Crippen LogP contribution in [0.2, 0.25) is 0 Å². The molecule has 0 amide bonds. The molecule has 0 bridgehead atoms. The molecule has 0 atom stereocenters. The van der Waals surface area contributed by atoms with Crippen molar-refractivity contribution in [3.63, 3.8) is 0 Å². The van der Waals surface area contributed by atoms with E-state index in [9.17, 15) is 14.4 Å². The van der Waals surface area contributed by atoms with Gasteiger partial charge in [-0.2, -0.15) is 0 Å². The maximum absolute atomic E-state index is 13.7. The first-order valence-electron chi connectivity index (χ1n) is 11.3. The number of benzene rings is 5. The molecule has 0 fully saturated rings. The number of methoxy groups -OCH3 is 1. The van der Waals surface area contributed by atoms with Gasteiger partial charge in [-0.1, -0.05) is 30.3 Å². The lowest BCUT2D eigenvalue weighted by atomic mass is 10.00. The summed E-state index contributed by atoms with van der Waals surface area (Å²) < 4.78 is 17.0. The number of nitrogens with one attached hydrogen (secondary N) is 1. The minimum absolute atomic E-state index is 0.0194. The Morgan fingerprint density at radius 2 is 1.53 bits per heavy atom. The summed E-state index contributed by atoms with van der Waals surface area (Å²) in [7, 11) is 1.53. The highest BCUT2D eigenvalue weighted by atomic mass is 16.5. The second-order valence-electron chi connectivity index (χ2n) is 8.55. The van der Waals surface area contributed by atoms with E-state index in [-0.39, 0.29) is 43.9 Å². The number of aromatic nitrogens is 1. The predicted molar refractivity (Wildman–Crippen MR) is 138 cm³/mol. The van der Waals surface area contributed by atoms with Gasteiger partial charge in [0.1, 0.15) is 11.5 Å². The second kappa shape index (κ2) is 8.09. The van der Waals surface area contributed by atoms with E-state index in [1.165, 1.54) is 13.2 Å². The zero-order valence-electron chi connectivity index (χ0n) is 19.4. The number of rotatable bonds is 3. The molecule has 1 N–H and O–H groups in total. The van der Waals surface area contributed by atoms with Crippen LogP contribution in [0.3, 0.4) is 0 Å². The number of hydrogen-bond acceptors (Lipinski definition) is 6. The van der Waals surface area contributed by atoms with E-state index in [2.05, 4.69) is 4.98 Å². The van der Waals surface area contributed by atoms with Crippen molar-refractivity contribution in [2.45, 2.75) is 6.92 Å². The molecule has 6 rings (SSSR count). The fourth-order valence-corrected chi connectivity index (χ4v) is 4.48. The Hall–Kier alpha value is -4.91. The third-order valence-electron chi connectivity index (χ3n) is 6.27. The highest BCUT2D eigenvalue weighted by Crippen LogP contribution is 2.33. The summed E-state index contributed by atoms with van der Waals surface area (Å²) in [6.45, 7) is 1.94. The van der Waals surface area contributed by atoms with Crippen LogP contribution in [0.4, 0.5) is 0 Å². The summed E-state index contributed by atoms with van der Waals surface area (Å²) in [5.74, 6) is -0.141. The lowest BCUT2D eigenvalue weighted by Crippen LogP contribution is -2.16. The summed E-state index contributed by atoms with van der Waals surface area (Å²) in [5, 5.41) is 0.669. The van der Waals surface area contributed by atoms with E-state index in [0.29, 0.717) is 22.4 Å². The van der Waals surface area contributed by atoms with Crippen LogP contribution in [-0.2, 0) is 0 Å². The number of aromatic amines is 1. The maximum atomic E-state index is 13.7. The minimum Gasteiger partial charge on any atom is -0.497 e. The largest absolute Gasteiger partial charge is 0.497 e. The Bertz CT molecular complexity index is 1970. The number of esters is 1. The SMILES string of the molecule is COc1ccc(C(=O)Oc2cc3oc4cc(C)ccc4[nH]c3c3c(=O)c4ccccc4c(=O)c23)cc1. The molecule has 0 aliphatic carbocycles. The molecular formula is C29H19NO6. The van der Waals surface area contributed by atoms with E-state index in [1.54, 1.807) is 48.5 Å². The van der Waals surface area contributed by atoms with Crippen LogP contribution >= 0.6 is 0 Å². The molecule has 1 heterocycles. The van der Waals surface area contributed by atoms with Crippen LogP contribution in [0, 0.1) is 6.92 Å². The number of ether oxygens (including phenoxy) is 2. The van der Waals surface area contributed by atoms with E-state index in [1.807, 2.05) is 25.1 Å². The van der Waals surface area contributed by atoms with Crippen LogP contribution < -0.4 is 20.3 Å². The Morgan fingerprint density at radius 3 is 2.22 bits per heavy atom. The predicted octanol–water partition coefficient (Wildman–Crippen LogP) is 5.48. The normalized spacial score (nSPS) is 11.4. The quantitative estimate of drug-likeness (QED) is 0.157. The number of H-pyrrole nitrogens is 1. The fraction of sp³-hybridized carbons (Fsp3) is 0.0690. The number of aryl methyl sites for hydroxylation is 1. The van der Waals surface area contributed by atoms with E-state index < -0.39 is 11.4 Å². The monoisotopic (exact) mass is 477 g/mol. The first-order valence-corrected chi connectivity index (χ1v) is 11.3. The molecule has 1 aromatic heterocycles. The highest BCUT2D eigenvalue weighted by molar-refractivity contribution is 6.13. The molecule has 36 heavy (non-hydrogen) atoms. The van der Waals surface area contributed by atoms with Gasteiger partial charge < -0.3 is 18.9 Å². The Labute approximate surface area is 203 Å². The van der Waals surface area contributed by atoms with Crippen LogP contribution in [0.15, 0.2) is 86.8 Å². The summed E-state index contributed by atoms with van der Waals surface area (Å²) in [4.78, 5) is 43.6. The molecule has 0 saturated carbocycles. The zero-order chi connectivity index (χ0) is 25.0. The summed E-state index contributed by atoms with van der Waals surface area (Å²) in [6.07, 6.45) is 0. The summed E-state index contributed by atoms with van der Waals surface area (Å²) >= 11 is 0. The zero-order valence-corrected chi connectivity index (χ0v) is 19.4. The molecule has 5 aromatic carbocycles. The molecule has 7 nitrogen and oxygen atoms in total. The van der Waals surface area contributed by atoms with Crippen molar-refractivity contribution in [2.75, 3.05) is 7.11 Å². The van der Waals surface area contributed by atoms with Crippen LogP contribution in [0.25, 0.3) is 43.7 Å².